The maximum Gasteiger partial charge on any atom is 0.247 e. The molecule has 14 rings (SSSR count). The van der Waals surface area contributed by atoms with E-state index in [0.29, 0.717) is 0 Å². The van der Waals surface area contributed by atoms with E-state index in [1.54, 1.807) is 0 Å². The van der Waals surface area contributed by atoms with Crippen LogP contribution in [0.25, 0.3) is 55.1 Å². The SMILES string of the molecule is Brc1ccc(-c2cc3cc4ccccc4cn3n2)cc1.Cl[Si](c1ccccc1)(c1ccccc1)c1ccccc1.c1ccc([Si](c2ccccc2)(c2ccccc2)c2ccc(-c3cc4cc5ccccc5cn4n3)cc2)cc1. The lowest BCUT2D eigenvalue weighted by atomic mass is 10.1. The Balaban J connectivity index is 0.000000128. The van der Waals surface area contributed by atoms with Gasteiger partial charge in [-0.1, -0.05) is 283 Å². The summed E-state index contributed by atoms with van der Waals surface area (Å²) in [4.78, 5) is 0. The molecule has 0 unspecified atom stereocenters. The Labute approximate surface area is 470 Å². The van der Waals surface area contributed by atoms with Crippen molar-refractivity contribution in [1.82, 2.24) is 19.2 Å². The standard InChI is InChI=1S/C35H26N2Si.C18H15ClSi.C17H11BrN2/c1-4-14-31(15-5-1)38(32-16-6-2-7-17-32,33-18-8-3-9-19-33)34-22-20-27(21-23-34)35-25-30-24-28-12-10-11-13-29(28)26-37(30)36-35;19-20(16-10-4-1-5-11-16,17-12-6-2-7-13-17)18-14-8-3-9-15-18;18-15-7-5-12(6-8-15)17-10-16-9-13-3-1-2-4-14(13)11-20(16)19-17/h1-26H;1-15H;1-11H. The number of hydrogen-bond donors (Lipinski definition) is 0. The molecule has 0 saturated heterocycles. The van der Waals surface area contributed by atoms with Crippen molar-refractivity contribution in [2.45, 2.75) is 0 Å². The number of halogens is 2. The molecule has 0 spiro atoms. The molecule has 0 fully saturated rings. The highest BCUT2D eigenvalue weighted by molar-refractivity contribution is 9.10. The van der Waals surface area contributed by atoms with E-state index < -0.39 is 15.5 Å². The molecule has 4 aromatic heterocycles. The van der Waals surface area contributed by atoms with Crippen LogP contribution in [0.5, 0.6) is 0 Å². The minimum absolute atomic E-state index is 0.984. The first-order valence-corrected chi connectivity index (χ1v) is 31.9. The van der Waals surface area contributed by atoms with Crippen LogP contribution < -0.4 is 36.3 Å². The largest absolute Gasteiger partial charge is 0.247 e. The van der Waals surface area contributed by atoms with E-state index in [0.717, 1.165) is 38.0 Å². The normalized spacial score (nSPS) is 11.5. The van der Waals surface area contributed by atoms with Crippen molar-refractivity contribution in [1.29, 1.82) is 0 Å². The van der Waals surface area contributed by atoms with Crippen LogP contribution in [0, 0.1) is 0 Å². The van der Waals surface area contributed by atoms with Gasteiger partial charge in [0.05, 0.1) is 22.4 Å². The van der Waals surface area contributed by atoms with E-state index in [-0.39, 0.29) is 0 Å². The molecule has 14 aromatic rings. The molecule has 0 amide bonds. The van der Waals surface area contributed by atoms with Crippen LogP contribution in [0.4, 0.5) is 0 Å². The summed E-state index contributed by atoms with van der Waals surface area (Å²) in [5, 5.41) is 23.6. The molecule has 0 N–H and O–H groups in total. The molecule has 0 radical (unpaired) electrons. The third-order valence-corrected chi connectivity index (χ3v) is 25.2. The van der Waals surface area contributed by atoms with Crippen LogP contribution in [0.1, 0.15) is 0 Å². The Hall–Kier alpha value is -8.70. The highest BCUT2D eigenvalue weighted by Crippen LogP contribution is 2.26. The van der Waals surface area contributed by atoms with Crippen LogP contribution in [-0.4, -0.2) is 34.7 Å². The average Bonchev–Trinajstić information content (AvgIpc) is 4.24. The Morgan fingerprint density at radius 2 is 0.577 bits per heavy atom. The molecule has 0 aliphatic rings. The van der Waals surface area contributed by atoms with Crippen LogP contribution in [0.3, 0.4) is 0 Å². The predicted octanol–water partition coefficient (Wildman–Crippen LogP) is 13.3. The van der Waals surface area contributed by atoms with Gasteiger partial charge in [-0.2, -0.15) is 10.2 Å². The van der Waals surface area contributed by atoms with Gasteiger partial charge in [0.2, 0.25) is 7.38 Å². The number of aromatic nitrogens is 4. The van der Waals surface area contributed by atoms with Gasteiger partial charge in [0.15, 0.2) is 8.07 Å². The average molecular weight is 1120 g/mol. The van der Waals surface area contributed by atoms with E-state index in [1.165, 1.54) is 57.9 Å². The van der Waals surface area contributed by atoms with Crippen LogP contribution in [0.2, 0.25) is 0 Å². The first-order valence-electron chi connectivity index (χ1n) is 26.1. The van der Waals surface area contributed by atoms with Gasteiger partial charge in [-0.25, -0.2) is 9.03 Å². The number of pyridine rings is 2. The minimum atomic E-state index is -2.51. The highest BCUT2D eigenvalue weighted by atomic mass is 79.9. The van der Waals surface area contributed by atoms with Gasteiger partial charge in [-0.3, -0.25) is 0 Å². The third kappa shape index (κ3) is 10.1. The molecule has 4 nitrogen and oxygen atoms in total. The smallest absolute Gasteiger partial charge is 0.240 e. The number of fused-ring (bicyclic) bond motifs is 4. The van der Waals surface area contributed by atoms with Gasteiger partial charge in [0.1, 0.15) is 0 Å². The van der Waals surface area contributed by atoms with E-state index >= 15 is 0 Å². The van der Waals surface area contributed by atoms with Gasteiger partial charge in [-0.05, 0) is 83.5 Å². The summed E-state index contributed by atoms with van der Waals surface area (Å²) in [5.41, 5.74) is 6.44. The zero-order chi connectivity index (χ0) is 52.7. The van der Waals surface area contributed by atoms with Crippen molar-refractivity contribution < 1.29 is 0 Å². The maximum absolute atomic E-state index is 7.25. The Morgan fingerprint density at radius 3 is 0.923 bits per heavy atom. The lowest BCUT2D eigenvalue weighted by molar-refractivity contribution is 0.974. The van der Waals surface area contributed by atoms with Gasteiger partial charge < -0.3 is 0 Å². The number of benzene rings is 10. The molecule has 0 saturated carbocycles. The van der Waals surface area contributed by atoms with Crippen molar-refractivity contribution in [2.24, 2.45) is 0 Å². The van der Waals surface area contributed by atoms with E-state index in [9.17, 15) is 0 Å². The second kappa shape index (κ2) is 22.5. The fourth-order valence-electron chi connectivity index (χ4n) is 10.7. The topological polar surface area (TPSA) is 34.6 Å². The minimum Gasteiger partial charge on any atom is -0.240 e. The molecule has 10 aromatic carbocycles. The Bertz CT molecular complexity index is 3960. The molecule has 0 atom stereocenters. The fraction of sp³-hybridized carbons (Fsp3) is 0. The molecule has 78 heavy (non-hydrogen) atoms. The molecular weight excluding hydrogens is 1070 g/mol. The van der Waals surface area contributed by atoms with E-state index in [4.69, 9.17) is 16.2 Å². The van der Waals surface area contributed by atoms with Crippen molar-refractivity contribution in [3.63, 3.8) is 0 Å². The zero-order valence-corrected chi connectivity index (χ0v) is 46.9. The predicted molar refractivity (Wildman–Crippen MR) is 337 cm³/mol. The summed E-state index contributed by atoms with van der Waals surface area (Å²) in [6, 6.07) is 107. The molecule has 0 bridgehead atoms. The van der Waals surface area contributed by atoms with Crippen LogP contribution in [0.15, 0.2) is 320 Å². The van der Waals surface area contributed by atoms with Gasteiger partial charge >= 0.3 is 0 Å². The Morgan fingerprint density at radius 1 is 0.295 bits per heavy atom. The summed E-state index contributed by atoms with van der Waals surface area (Å²) >= 11 is 10.7. The third-order valence-electron chi connectivity index (χ3n) is 14.5. The summed E-state index contributed by atoms with van der Waals surface area (Å²) in [7, 11) is -4.92. The summed E-state index contributed by atoms with van der Waals surface area (Å²) < 4.78 is 5.01. The molecule has 0 aliphatic carbocycles. The maximum atomic E-state index is 7.25. The Kier molecular flexibility index (Phi) is 14.5. The number of hydrogen-bond acceptors (Lipinski definition) is 2. The van der Waals surface area contributed by atoms with Crippen molar-refractivity contribution in [3.8, 4) is 22.5 Å². The summed E-state index contributed by atoms with van der Waals surface area (Å²) in [6.07, 6.45) is 4.19. The van der Waals surface area contributed by atoms with E-state index in [2.05, 4.69) is 300 Å². The fourth-order valence-corrected chi connectivity index (χ4v) is 19.8. The second-order valence-corrected chi connectivity index (χ2v) is 28.8. The number of nitrogens with zero attached hydrogens (tertiary/aromatic N) is 4. The van der Waals surface area contributed by atoms with Crippen molar-refractivity contribution >= 4 is 111 Å². The lowest BCUT2D eigenvalue weighted by Gasteiger charge is -2.34. The van der Waals surface area contributed by atoms with E-state index in [1.807, 2.05) is 45.4 Å². The second-order valence-electron chi connectivity index (χ2n) is 19.3. The quantitative estimate of drug-likeness (QED) is 0.0820. The molecular formula is C70H52BrClN4Si2. The first kappa shape index (κ1) is 50.1. The molecule has 0 aliphatic heterocycles. The van der Waals surface area contributed by atoms with Gasteiger partial charge in [0, 0.05) is 38.8 Å². The van der Waals surface area contributed by atoms with Gasteiger partial charge in [0.25, 0.3) is 0 Å². The first-order chi connectivity index (χ1) is 38.4. The lowest BCUT2D eigenvalue weighted by Crippen LogP contribution is -2.74. The van der Waals surface area contributed by atoms with Crippen LogP contribution in [-0.2, 0) is 0 Å². The highest BCUT2D eigenvalue weighted by Gasteiger charge is 2.41. The summed E-state index contributed by atoms with van der Waals surface area (Å²) in [5.74, 6) is 0. The molecule has 8 heteroatoms. The van der Waals surface area contributed by atoms with Crippen molar-refractivity contribution in [2.75, 3.05) is 0 Å². The zero-order valence-electron chi connectivity index (χ0n) is 42.6. The molecule has 374 valence electrons. The monoisotopic (exact) mass is 1120 g/mol. The van der Waals surface area contributed by atoms with Gasteiger partial charge in [-0.15, -0.1) is 11.1 Å². The summed E-state index contributed by atoms with van der Waals surface area (Å²) in [6.45, 7) is 0. The number of rotatable bonds is 9. The molecule has 4 heterocycles. The van der Waals surface area contributed by atoms with Crippen molar-refractivity contribution in [3.05, 3.63) is 320 Å². The van der Waals surface area contributed by atoms with Crippen LogP contribution >= 0.6 is 27.0 Å².